The Morgan fingerprint density at radius 2 is 1.68 bits per heavy atom. The molecule has 0 aliphatic rings. The van der Waals surface area contributed by atoms with Crippen LogP contribution in [0.25, 0.3) is 0 Å². The minimum atomic E-state index is -1.26. The van der Waals surface area contributed by atoms with Crippen LogP contribution in [0, 0.1) is 0 Å². The Kier molecular flexibility index (Phi) is 11.3. The molecule has 5 heteroatoms. The van der Waals surface area contributed by atoms with Crippen LogP contribution in [0.5, 0.6) is 0 Å². The molecular weight excluding hydrogens is 284 g/mol. The number of unbranched alkanes of at least 4 members (excludes halogenated alkanes) is 1. The van der Waals surface area contributed by atoms with Crippen LogP contribution in [-0.2, 0) is 23.7 Å². The molecular formula is C17H34O5. The summed E-state index contributed by atoms with van der Waals surface area (Å²) >= 11 is 0. The summed E-state index contributed by atoms with van der Waals surface area (Å²) < 4.78 is 28.8. The van der Waals surface area contributed by atoms with Gasteiger partial charge in [-0.15, -0.1) is 0 Å². The van der Waals surface area contributed by atoms with Crippen molar-refractivity contribution in [2.75, 3.05) is 26.9 Å². The summed E-state index contributed by atoms with van der Waals surface area (Å²) in [5.74, 6) is -0.837. The summed E-state index contributed by atoms with van der Waals surface area (Å²) in [7, 11) is 1.56. The lowest BCUT2D eigenvalue weighted by molar-refractivity contribution is -0.348. The van der Waals surface area contributed by atoms with Crippen molar-refractivity contribution < 1.29 is 23.7 Å². The van der Waals surface area contributed by atoms with Gasteiger partial charge in [-0.2, -0.15) is 0 Å². The van der Waals surface area contributed by atoms with Crippen molar-refractivity contribution in [3.8, 4) is 0 Å². The molecule has 0 bridgehead atoms. The highest BCUT2D eigenvalue weighted by molar-refractivity contribution is 5.09. The van der Waals surface area contributed by atoms with Gasteiger partial charge in [0.15, 0.2) is 0 Å². The fourth-order valence-corrected chi connectivity index (χ4v) is 1.83. The largest absolute Gasteiger partial charge is 0.465 e. The van der Waals surface area contributed by atoms with Crippen molar-refractivity contribution in [3.05, 3.63) is 11.5 Å². The Bertz CT molecular complexity index is 314. The van der Waals surface area contributed by atoms with Crippen LogP contribution in [0.2, 0.25) is 0 Å². The maximum absolute atomic E-state index is 5.84. The molecule has 0 amide bonds. The summed E-state index contributed by atoms with van der Waals surface area (Å²) in [4.78, 5) is 0. The molecule has 0 aromatic heterocycles. The molecule has 0 aliphatic heterocycles. The fourth-order valence-electron chi connectivity index (χ4n) is 1.83. The van der Waals surface area contributed by atoms with E-state index in [1.807, 2.05) is 34.6 Å². The summed E-state index contributed by atoms with van der Waals surface area (Å²) in [6.07, 6.45) is 2.88. The predicted octanol–water partition coefficient (Wildman–Crippen LogP) is 4.22. The standard InChI is InChI=1S/C17H34O5/c1-8-11-13-19-16(22-14(4)5)15(6)17(18-7,20-10-3)21-12-9-2/h14H,8-13H2,1-7H3. The van der Waals surface area contributed by atoms with Gasteiger partial charge in [0.05, 0.1) is 24.9 Å². The molecule has 0 fully saturated rings. The highest BCUT2D eigenvalue weighted by Gasteiger charge is 2.38. The third kappa shape index (κ3) is 6.99. The van der Waals surface area contributed by atoms with Crippen molar-refractivity contribution in [2.45, 2.75) is 72.9 Å². The molecule has 132 valence electrons. The lowest BCUT2D eigenvalue weighted by atomic mass is 10.2. The van der Waals surface area contributed by atoms with Gasteiger partial charge in [0.1, 0.15) is 0 Å². The Morgan fingerprint density at radius 1 is 1.00 bits per heavy atom. The molecule has 0 rings (SSSR count). The van der Waals surface area contributed by atoms with Crippen molar-refractivity contribution in [2.24, 2.45) is 0 Å². The first kappa shape index (κ1) is 21.2. The zero-order valence-electron chi connectivity index (χ0n) is 15.4. The first-order valence-electron chi connectivity index (χ1n) is 8.31. The number of hydrogen-bond donors (Lipinski definition) is 0. The smallest absolute Gasteiger partial charge is 0.314 e. The fraction of sp³-hybridized carbons (Fsp3) is 0.882. The van der Waals surface area contributed by atoms with Crippen molar-refractivity contribution in [1.29, 1.82) is 0 Å². The highest BCUT2D eigenvalue weighted by atomic mass is 16.9. The average Bonchev–Trinajstić information content (AvgIpc) is 2.49. The lowest BCUT2D eigenvalue weighted by Gasteiger charge is -2.33. The molecule has 0 heterocycles. The highest BCUT2D eigenvalue weighted by Crippen LogP contribution is 2.29. The molecule has 5 nitrogen and oxygen atoms in total. The zero-order valence-corrected chi connectivity index (χ0v) is 15.4. The van der Waals surface area contributed by atoms with E-state index in [2.05, 4.69) is 6.92 Å². The van der Waals surface area contributed by atoms with E-state index in [4.69, 9.17) is 23.7 Å². The Morgan fingerprint density at radius 3 is 2.14 bits per heavy atom. The molecule has 1 unspecified atom stereocenters. The molecule has 0 spiro atoms. The van der Waals surface area contributed by atoms with E-state index in [0.717, 1.165) is 19.3 Å². The third-order valence-corrected chi connectivity index (χ3v) is 2.94. The van der Waals surface area contributed by atoms with Gasteiger partial charge in [0, 0.05) is 13.7 Å². The second-order valence-electron chi connectivity index (χ2n) is 5.32. The monoisotopic (exact) mass is 318 g/mol. The van der Waals surface area contributed by atoms with Gasteiger partial charge in [0.2, 0.25) is 0 Å². The minimum absolute atomic E-state index is 0.00562. The van der Waals surface area contributed by atoms with E-state index in [0.29, 0.717) is 31.3 Å². The van der Waals surface area contributed by atoms with Gasteiger partial charge in [-0.3, -0.25) is 0 Å². The Balaban J connectivity index is 5.41. The van der Waals surface area contributed by atoms with E-state index < -0.39 is 5.97 Å². The van der Waals surface area contributed by atoms with Crippen molar-refractivity contribution in [3.63, 3.8) is 0 Å². The SMILES string of the molecule is CCCCOC(OC(C)C)=C(C)C(OC)(OCC)OCCC. The maximum atomic E-state index is 5.84. The summed E-state index contributed by atoms with van der Waals surface area (Å²) in [5, 5.41) is 0. The van der Waals surface area contributed by atoms with Gasteiger partial charge in [0.25, 0.3) is 5.95 Å². The van der Waals surface area contributed by atoms with Gasteiger partial charge in [-0.25, -0.2) is 0 Å². The maximum Gasteiger partial charge on any atom is 0.314 e. The summed E-state index contributed by atoms with van der Waals surface area (Å²) in [6, 6.07) is 0. The second-order valence-corrected chi connectivity index (χ2v) is 5.32. The van der Waals surface area contributed by atoms with Gasteiger partial charge >= 0.3 is 5.97 Å². The number of ether oxygens (including phenoxy) is 5. The van der Waals surface area contributed by atoms with Crippen LogP contribution in [-0.4, -0.2) is 39.0 Å². The second kappa shape index (κ2) is 11.7. The van der Waals surface area contributed by atoms with Crippen molar-refractivity contribution >= 4 is 0 Å². The van der Waals surface area contributed by atoms with Crippen LogP contribution in [0.3, 0.4) is 0 Å². The molecule has 0 aromatic carbocycles. The van der Waals surface area contributed by atoms with E-state index in [1.165, 1.54) is 0 Å². The number of rotatable bonds is 13. The van der Waals surface area contributed by atoms with E-state index in [9.17, 15) is 0 Å². The van der Waals surface area contributed by atoms with Gasteiger partial charge in [-0.1, -0.05) is 20.3 Å². The predicted molar refractivity (Wildman–Crippen MR) is 87.4 cm³/mol. The van der Waals surface area contributed by atoms with Crippen LogP contribution < -0.4 is 0 Å². The first-order valence-corrected chi connectivity index (χ1v) is 8.31. The topological polar surface area (TPSA) is 46.2 Å². The van der Waals surface area contributed by atoms with Gasteiger partial charge < -0.3 is 23.7 Å². The van der Waals surface area contributed by atoms with Crippen molar-refractivity contribution in [1.82, 2.24) is 0 Å². The molecule has 1 atom stereocenters. The van der Waals surface area contributed by atoms with Crippen LogP contribution >= 0.6 is 0 Å². The zero-order chi connectivity index (χ0) is 17.0. The van der Waals surface area contributed by atoms with E-state index in [-0.39, 0.29) is 6.10 Å². The molecule has 0 aromatic rings. The molecule has 0 saturated carbocycles. The quantitative estimate of drug-likeness (QED) is 0.289. The summed E-state index contributed by atoms with van der Waals surface area (Å²) in [6.45, 7) is 13.4. The molecule has 0 radical (unpaired) electrons. The first-order chi connectivity index (χ1) is 10.5. The molecule has 0 aliphatic carbocycles. The minimum Gasteiger partial charge on any atom is -0.465 e. The van der Waals surface area contributed by atoms with Gasteiger partial charge in [-0.05, 0) is 40.5 Å². The average molecular weight is 318 g/mol. The van der Waals surface area contributed by atoms with Crippen LogP contribution in [0.15, 0.2) is 11.5 Å². The Hall–Kier alpha value is -0.780. The molecule has 0 N–H and O–H groups in total. The Labute approximate surface area is 135 Å². The lowest BCUT2D eigenvalue weighted by Crippen LogP contribution is -2.41. The number of hydrogen-bond acceptors (Lipinski definition) is 5. The van der Waals surface area contributed by atoms with E-state index in [1.54, 1.807) is 7.11 Å². The molecule has 0 saturated heterocycles. The third-order valence-electron chi connectivity index (χ3n) is 2.94. The van der Waals surface area contributed by atoms with E-state index >= 15 is 0 Å². The number of methoxy groups -OCH3 is 1. The normalized spacial score (nSPS) is 15.5. The van der Waals surface area contributed by atoms with Crippen LogP contribution in [0.4, 0.5) is 0 Å². The summed E-state index contributed by atoms with van der Waals surface area (Å²) in [5.41, 5.74) is 0.662. The van der Waals surface area contributed by atoms with Crippen LogP contribution in [0.1, 0.15) is 60.8 Å². The molecule has 22 heavy (non-hydrogen) atoms.